The van der Waals surface area contributed by atoms with Crippen LogP contribution in [0.2, 0.25) is 0 Å². The molecule has 0 saturated heterocycles. The predicted octanol–water partition coefficient (Wildman–Crippen LogP) is 5.70. The molecule has 0 aromatic rings. The first-order valence-electron chi connectivity index (χ1n) is 8.53. The first kappa shape index (κ1) is 15.7. The highest BCUT2D eigenvalue weighted by Crippen LogP contribution is 2.60. The fourth-order valence-corrected chi connectivity index (χ4v) is 8.00. The third kappa shape index (κ3) is 3.34. The van der Waals surface area contributed by atoms with Crippen molar-refractivity contribution in [1.82, 2.24) is 0 Å². The van der Waals surface area contributed by atoms with Gasteiger partial charge in [0.2, 0.25) is 0 Å². The lowest BCUT2D eigenvalue weighted by Gasteiger charge is -2.53. The fourth-order valence-electron chi connectivity index (χ4n) is 4.37. The zero-order valence-corrected chi connectivity index (χ0v) is 14.9. The largest absolute Gasteiger partial charge is 0.241 e. The monoisotopic (exact) mass is 284 g/mol. The maximum atomic E-state index is 2.67. The number of hydrogen-bond acceptors (Lipinski definition) is 0. The quantitative estimate of drug-likeness (QED) is 0.610. The van der Waals surface area contributed by atoms with E-state index in [0.717, 1.165) is 34.2 Å². The van der Waals surface area contributed by atoms with Gasteiger partial charge in [-0.15, -0.1) is 0 Å². The van der Waals surface area contributed by atoms with Crippen LogP contribution in [0.15, 0.2) is 0 Å². The molecule has 0 nitrogen and oxygen atoms in total. The molecule has 0 aromatic heterocycles. The summed E-state index contributed by atoms with van der Waals surface area (Å²) in [4.78, 5) is 0. The fraction of sp³-hybridized carbons (Fsp3) is 1.00. The van der Waals surface area contributed by atoms with Gasteiger partial charge in [0.15, 0.2) is 0 Å². The SMILES string of the molecule is CC1CCC(S(C)(C)C2CCC(C)C(C)C2)CC1C. The Morgan fingerprint density at radius 1 is 0.579 bits per heavy atom. The van der Waals surface area contributed by atoms with E-state index in [1.807, 2.05) is 0 Å². The molecule has 2 aliphatic carbocycles. The molecule has 2 saturated carbocycles. The van der Waals surface area contributed by atoms with Crippen molar-refractivity contribution >= 4 is 10.0 Å². The molecule has 0 amide bonds. The Kier molecular flexibility index (Phi) is 4.97. The van der Waals surface area contributed by atoms with E-state index in [-0.39, 0.29) is 0 Å². The van der Waals surface area contributed by atoms with Crippen molar-refractivity contribution in [2.45, 2.75) is 76.7 Å². The standard InChI is InChI=1S/C18H36S/c1-13-7-9-17(11-15(13)3)19(5,6)18-10-8-14(2)16(4)12-18/h13-18H,7-12H2,1-6H3. The maximum Gasteiger partial charge on any atom is -0.0111 e. The average molecular weight is 285 g/mol. The molecule has 0 N–H and O–H groups in total. The summed E-state index contributed by atoms with van der Waals surface area (Å²) in [7, 11) is -0.398. The lowest BCUT2D eigenvalue weighted by molar-refractivity contribution is 0.270. The second-order valence-corrected chi connectivity index (χ2v) is 12.6. The van der Waals surface area contributed by atoms with E-state index < -0.39 is 10.0 Å². The van der Waals surface area contributed by atoms with E-state index in [2.05, 4.69) is 40.2 Å². The van der Waals surface area contributed by atoms with Crippen LogP contribution in [0.3, 0.4) is 0 Å². The molecule has 6 unspecified atom stereocenters. The van der Waals surface area contributed by atoms with Crippen LogP contribution in [-0.2, 0) is 0 Å². The molecule has 0 aliphatic heterocycles. The van der Waals surface area contributed by atoms with Crippen molar-refractivity contribution in [2.24, 2.45) is 23.7 Å². The zero-order valence-electron chi connectivity index (χ0n) is 14.1. The van der Waals surface area contributed by atoms with Crippen LogP contribution in [0.4, 0.5) is 0 Å². The minimum atomic E-state index is -0.398. The topological polar surface area (TPSA) is 0 Å². The van der Waals surface area contributed by atoms with Crippen LogP contribution >= 0.6 is 10.0 Å². The molecule has 0 aromatic carbocycles. The summed E-state index contributed by atoms with van der Waals surface area (Å²) in [5, 5.41) is 2.12. The normalized spacial score (nSPS) is 46.0. The second-order valence-electron chi connectivity index (χ2n) is 8.27. The third-order valence-corrected chi connectivity index (χ3v) is 11.1. The molecule has 2 rings (SSSR count). The van der Waals surface area contributed by atoms with Crippen LogP contribution in [0.25, 0.3) is 0 Å². The summed E-state index contributed by atoms with van der Waals surface area (Å²) >= 11 is 0. The highest BCUT2D eigenvalue weighted by molar-refractivity contribution is 8.33. The van der Waals surface area contributed by atoms with Crippen LogP contribution < -0.4 is 0 Å². The van der Waals surface area contributed by atoms with Crippen molar-refractivity contribution in [3.63, 3.8) is 0 Å². The van der Waals surface area contributed by atoms with Gasteiger partial charge in [-0.1, -0.05) is 27.7 Å². The lowest BCUT2D eigenvalue weighted by Crippen LogP contribution is -2.36. The van der Waals surface area contributed by atoms with Crippen molar-refractivity contribution in [1.29, 1.82) is 0 Å². The van der Waals surface area contributed by atoms with E-state index in [4.69, 9.17) is 0 Å². The minimum absolute atomic E-state index is 0.398. The molecule has 114 valence electrons. The maximum absolute atomic E-state index is 2.67. The van der Waals surface area contributed by atoms with Crippen molar-refractivity contribution in [2.75, 3.05) is 12.5 Å². The van der Waals surface area contributed by atoms with Crippen LogP contribution in [0, 0.1) is 23.7 Å². The van der Waals surface area contributed by atoms with Crippen molar-refractivity contribution in [3.05, 3.63) is 0 Å². The van der Waals surface area contributed by atoms with Crippen LogP contribution in [0.5, 0.6) is 0 Å². The molecule has 0 radical (unpaired) electrons. The molecule has 19 heavy (non-hydrogen) atoms. The average Bonchev–Trinajstić information content (AvgIpc) is 2.35. The highest BCUT2D eigenvalue weighted by atomic mass is 32.3. The Hall–Kier alpha value is 0.350. The van der Waals surface area contributed by atoms with Gasteiger partial charge >= 0.3 is 0 Å². The first-order valence-corrected chi connectivity index (χ1v) is 11.1. The molecular formula is C18H36S. The molecule has 0 bridgehead atoms. The van der Waals surface area contributed by atoms with Gasteiger partial charge < -0.3 is 0 Å². The summed E-state index contributed by atoms with van der Waals surface area (Å²) < 4.78 is 0. The Morgan fingerprint density at radius 2 is 0.947 bits per heavy atom. The van der Waals surface area contributed by atoms with Crippen LogP contribution in [0.1, 0.15) is 66.2 Å². The van der Waals surface area contributed by atoms with Gasteiger partial charge in [0.05, 0.1) is 0 Å². The van der Waals surface area contributed by atoms with Gasteiger partial charge in [-0.05, 0) is 85.2 Å². The molecule has 0 spiro atoms. The molecule has 0 heterocycles. The Morgan fingerprint density at radius 3 is 1.26 bits per heavy atom. The third-order valence-electron chi connectivity index (χ3n) is 6.82. The summed E-state index contributed by atoms with van der Waals surface area (Å²) in [6.07, 6.45) is 14.4. The van der Waals surface area contributed by atoms with E-state index in [9.17, 15) is 0 Å². The van der Waals surface area contributed by atoms with Gasteiger partial charge in [0, 0.05) is 0 Å². The lowest BCUT2D eigenvalue weighted by atomic mass is 9.81. The van der Waals surface area contributed by atoms with Crippen molar-refractivity contribution < 1.29 is 0 Å². The summed E-state index contributed by atoms with van der Waals surface area (Å²) in [6, 6.07) is 0. The number of hydrogen-bond donors (Lipinski definition) is 0. The molecule has 2 fully saturated rings. The van der Waals surface area contributed by atoms with Crippen LogP contribution in [-0.4, -0.2) is 23.0 Å². The first-order chi connectivity index (χ1) is 8.82. The van der Waals surface area contributed by atoms with Gasteiger partial charge in [0.25, 0.3) is 0 Å². The highest BCUT2D eigenvalue weighted by Gasteiger charge is 2.39. The van der Waals surface area contributed by atoms with E-state index in [0.29, 0.717) is 0 Å². The summed E-state index contributed by atoms with van der Waals surface area (Å²) in [6.45, 7) is 9.93. The summed E-state index contributed by atoms with van der Waals surface area (Å²) in [5.74, 6) is 3.87. The van der Waals surface area contributed by atoms with Crippen molar-refractivity contribution in [3.8, 4) is 0 Å². The van der Waals surface area contributed by atoms with Gasteiger partial charge in [-0.2, -0.15) is 0 Å². The molecule has 1 heteroatoms. The molecule has 2 aliphatic rings. The van der Waals surface area contributed by atoms with Gasteiger partial charge in [0.1, 0.15) is 0 Å². The Balaban J connectivity index is 2.01. The minimum Gasteiger partial charge on any atom is -0.241 e. The number of rotatable bonds is 2. The zero-order chi connectivity index (χ0) is 14.2. The van der Waals surface area contributed by atoms with Gasteiger partial charge in [-0.3, -0.25) is 0 Å². The Labute approximate surface area is 123 Å². The smallest absolute Gasteiger partial charge is 0.0111 e. The van der Waals surface area contributed by atoms with E-state index in [1.54, 1.807) is 0 Å². The predicted molar refractivity (Wildman–Crippen MR) is 91.4 cm³/mol. The van der Waals surface area contributed by atoms with E-state index in [1.165, 1.54) is 38.5 Å². The molecule has 6 atom stereocenters. The van der Waals surface area contributed by atoms with Gasteiger partial charge in [-0.25, -0.2) is 10.0 Å². The van der Waals surface area contributed by atoms with E-state index >= 15 is 0 Å². The second kappa shape index (κ2) is 6.00. The Bertz CT molecular complexity index is 268. The molecular weight excluding hydrogens is 248 g/mol. The summed E-state index contributed by atoms with van der Waals surface area (Å²) in [5.41, 5.74) is 0.